The topological polar surface area (TPSA) is 58.6 Å². The highest BCUT2D eigenvalue weighted by Crippen LogP contribution is 2.24. The van der Waals surface area contributed by atoms with Gasteiger partial charge in [-0.25, -0.2) is 9.97 Å². The molecule has 0 aliphatic carbocycles. The van der Waals surface area contributed by atoms with Gasteiger partial charge in [0.25, 0.3) is 5.91 Å². The molecule has 0 unspecified atom stereocenters. The largest absolute Gasteiger partial charge is 0.379 e. The predicted molar refractivity (Wildman–Crippen MR) is 126 cm³/mol. The number of piperidine rings is 1. The van der Waals surface area contributed by atoms with Crippen LogP contribution < -0.4 is 0 Å². The van der Waals surface area contributed by atoms with E-state index >= 15 is 0 Å². The summed E-state index contributed by atoms with van der Waals surface area (Å²) in [5.74, 6) is 0.0367. The summed E-state index contributed by atoms with van der Waals surface area (Å²) in [6.07, 6.45) is 4.28. The molecule has 2 saturated heterocycles. The number of aromatic nitrogens is 2. The van der Waals surface area contributed by atoms with Crippen molar-refractivity contribution < 1.29 is 9.53 Å². The quantitative estimate of drug-likeness (QED) is 0.733. The third-order valence-corrected chi connectivity index (χ3v) is 6.90. The van der Waals surface area contributed by atoms with E-state index in [0.717, 1.165) is 63.5 Å². The first-order valence-corrected chi connectivity index (χ1v) is 11.8. The van der Waals surface area contributed by atoms with E-state index in [0.29, 0.717) is 18.2 Å². The van der Waals surface area contributed by atoms with E-state index in [1.165, 1.54) is 11.1 Å². The summed E-state index contributed by atoms with van der Waals surface area (Å²) < 4.78 is 5.47. The lowest BCUT2D eigenvalue weighted by Crippen LogP contribution is -2.50. The van der Waals surface area contributed by atoms with Crippen LogP contribution in [-0.2, 0) is 16.6 Å². The maximum atomic E-state index is 13.3. The summed E-state index contributed by atoms with van der Waals surface area (Å²) >= 11 is 0. The van der Waals surface area contributed by atoms with Crippen LogP contribution in [0.25, 0.3) is 0 Å². The van der Waals surface area contributed by atoms with Crippen LogP contribution in [-0.4, -0.2) is 71.1 Å². The molecular formula is C26H36N4O2. The number of morpholine rings is 1. The Balaban J connectivity index is 1.41. The number of hydrogen-bond donors (Lipinski definition) is 0. The maximum absolute atomic E-state index is 13.3. The molecule has 32 heavy (non-hydrogen) atoms. The number of likely N-dealkylation sites (tertiary alicyclic amines) is 1. The number of amides is 1. The SMILES string of the molecule is Cc1c(Cc2ccc(C(C)(C)C)cc2)ncnc1C(=O)N1CCC(N2CCOCC2)CC1. The number of carbonyl (C=O) groups is 1. The van der Waals surface area contributed by atoms with Gasteiger partial charge >= 0.3 is 0 Å². The normalized spacial score (nSPS) is 18.7. The Morgan fingerprint density at radius 2 is 1.69 bits per heavy atom. The molecule has 0 radical (unpaired) electrons. The molecule has 0 saturated carbocycles. The van der Waals surface area contributed by atoms with Gasteiger partial charge in [-0.15, -0.1) is 0 Å². The Labute approximate surface area is 192 Å². The van der Waals surface area contributed by atoms with Crippen LogP contribution in [0.5, 0.6) is 0 Å². The van der Waals surface area contributed by atoms with Crippen molar-refractivity contribution in [1.82, 2.24) is 19.8 Å². The number of ether oxygens (including phenoxy) is 1. The van der Waals surface area contributed by atoms with Crippen LogP contribution >= 0.6 is 0 Å². The molecule has 2 aliphatic heterocycles. The van der Waals surface area contributed by atoms with Gasteiger partial charge in [0.1, 0.15) is 12.0 Å². The van der Waals surface area contributed by atoms with Gasteiger partial charge in [0.2, 0.25) is 0 Å². The number of rotatable bonds is 4. The molecule has 3 heterocycles. The number of carbonyl (C=O) groups excluding carboxylic acids is 1. The van der Waals surface area contributed by atoms with E-state index in [4.69, 9.17) is 4.74 Å². The lowest BCUT2D eigenvalue weighted by atomic mass is 9.86. The first kappa shape index (κ1) is 22.9. The first-order valence-electron chi connectivity index (χ1n) is 11.8. The maximum Gasteiger partial charge on any atom is 0.272 e. The number of nitrogens with zero attached hydrogens (tertiary/aromatic N) is 4. The molecule has 0 atom stereocenters. The van der Waals surface area contributed by atoms with Crippen molar-refractivity contribution in [2.45, 2.75) is 58.4 Å². The van der Waals surface area contributed by atoms with E-state index in [1.807, 2.05) is 11.8 Å². The van der Waals surface area contributed by atoms with Crippen LogP contribution in [0.15, 0.2) is 30.6 Å². The van der Waals surface area contributed by atoms with Crippen LogP contribution in [0.3, 0.4) is 0 Å². The Kier molecular flexibility index (Phi) is 6.91. The van der Waals surface area contributed by atoms with Crippen LogP contribution in [0.2, 0.25) is 0 Å². The van der Waals surface area contributed by atoms with Crippen LogP contribution in [0.4, 0.5) is 0 Å². The minimum Gasteiger partial charge on any atom is -0.379 e. The minimum absolute atomic E-state index is 0.0367. The van der Waals surface area contributed by atoms with Gasteiger partial charge in [-0.2, -0.15) is 0 Å². The van der Waals surface area contributed by atoms with Crippen molar-refractivity contribution in [3.8, 4) is 0 Å². The van der Waals surface area contributed by atoms with Crippen LogP contribution in [0, 0.1) is 6.92 Å². The van der Waals surface area contributed by atoms with Gasteiger partial charge < -0.3 is 9.64 Å². The Morgan fingerprint density at radius 1 is 1.03 bits per heavy atom. The molecule has 4 rings (SSSR count). The molecule has 2 aliphatic rings. The van der Waals surface area contributed by atoms with E-state index in [-0.39, 0.29) is 11.3 Å². The van der Waals surface area contributed by atoms with Gasteiger partial charge in [-0.05, 0) is 36.3 Å². The van der Waals surface area contributed by atoms with Crippen LogP contribution in [0.1, 0.15) is 66.5 Å². The average Bonchev–Trinajstić information content (AvgIpc) is 2.80. The second-order valence-electron chi connectivity index (χ2n) is 10.1. The second kappa shape index (κ2) is 9.67. The zero-order chi connectivity index (χ0) is 22.7. The predicted octanol–water partition coefficient (Wildman–Crippen LogP) is 3.61. The van der Waals surface area contributed by atoms with E-state index in [9.17, 15) is 4.79 Å². The van der Waals surface area contributed by atoms with E-state index in [2.05, 4.69) is 59.9 Å². The fourth-order valence-corrected chi connectivity index (χ4v) is 4.72. The molecule has 1 amide bonds. The summed E-state index contributed by atoms with van der Waals surface area (Å²) in [6.45, 7) is 13.9. The van der Waals surface area contributed by atoms with Crippen molar-refractivity contribution >= 4 is 5.91 Å². The van der Waals surface area contributed by atoms with Crippen molar-refractivity contribution in [3.05, 3.63) is 58.7 Å². The molecule has 0 spiro atoms. The van der Waals surface area contributed by atoms with Gasteiger partial charge in [-0.3, -0.25) is 9.69 Å². The summed E-state index contributed by atoms with van der Waals surface area (Å²) in [6, 6.07) is 9.27. The molecule has 2 fully saturated rings. The third kappa shape index (κ3) is 5.18. The van der Waals surface area contributed by atoms with Crippen molar-refractivity contribution in [3.63, 3.8) is 0 Å². The summed E-state index contributed by atoms with van der Waals surface area (Å²) in [7, 11) is 0. The van der Waals surface area contributed by atoms with Gasteiger partial charge in [0.05, 0.1) is 18.9 Å². The molecule has 1 aromatic heterocycles. The highest BCUT2D eigenvalue weighted by molar-refractivity contribution is 5.93. The number of benzene rings is 1. The average molecular weight is 437 g/mol. The fraction of sp³-hybridized carbons (Fsp3) is 0.577. The summed E-state index contributed by atoms with van der Waals surface area (Å²) in [5, 5.41) is 0. The monoisotopic (exact) mass is 436 g/mol. The molecule has 2 aromatic rings. The molecule has 172 valence electrons. The third-order valence-electron chi connectivity index (χ3n) is 6.90. The smallest absolute Gasteiger partial charge is 0.272 e. The second-order valence-corrected chi connectivity index (χ2v) is 10.1. The van der Waals surface area contributed by atoms with E-state index in [1.54, 1.807) is 6.33 Å². The molecule has 1 aromatic carbocycles. The van der Waals surface area contributed by atoms with Crippen molar-refractivity contribution in [2.75, 3.05) is 39.4 Å². The zero-order valence-corrected chi connectivity index (χ0v) is 19.9. The highest BCUT2D eigenvalue weighted by atomic mass is 16.5. The molecule has 0 N–H and O–H groups in total. The summed E-state index contributed by atoms with van der Waals surface area (Å²) in [5.41, 5.74) is 5.02. The lowest BCUT2D eigenvalue weighted by molar-refractivity contribution is 0.00151. The minimum atomic E-state index is 0.0367. The fourth-order valence-electron chi connectivity index (χ4n) is 4.72. The van der Waals surface area contributed by atoms with Crippen molar-refractivity contribution in [2.24, 2.45) is 0 Å². The van der Waals surface area contributed by atoms with Gasteiger partial charge in [-0.1, -0.05) is 45.0 Å². The molecule has 0 bridgehead atoms. The number of hydrogen-bond acceptors (Lipinski definition) is 5. The van der Waals surface area contributed by atoms with Gasteiger partial charge in [0.15, 0.2) is 0 Å². The van der Waals surface area contributed by atoms with E-state index < -0.39 is 0 Å². The lowest BCUT2D eigenvalue weighted by Gasteiger charge is -2.40. The van der Waals surface area contributed by atoms with Gasteiger partial charge in [0, 0.05) is 44.2 Å². The first-order chi connectivity index (χ1) is 15.3. The zero-order valence-electron chi connectivity index (χ0n) is 19.9. The van der Waals surface area contributed by atoms with Crippen molar-refractivity contribution in [1.29, 1.82) is 0 Å². The Hall–Kier alpha value is -2.31. The molecule has 6 heteroatoms. The molecule has 6 nitrogen and oxygen atoms in total. The Morgan fingerprint density at radius 3 is 2.31 bits per heavy atom. The summed E-state index contributed by atoms with van der Waals surface area (Å²) in [4.78, 5) is 26.6. The highest BCUT2D eigenvalue weighted by Gasteiger charge is 2.29. The molecular weight excluding hydrogens is 400 g/mol. The Bertz CT molecular complexity index is 922. The standard InChI is InChI=1S/C26H36N4O2/c1-19-23(17-20-5-7-21(8-6-20)26(2,3)4)27-18-28-24(19)25(31)30-11-9-22(10-12-30)29-13-15-32-16-14-29/h5-8,18,22H,9-17H2,1-4H3.